The third-order valence-electron chi connectivity index (χ3n) is 4.72. The van der Waals surface area contributed by atoms with E-state index in [1.165, 1.54) is 27.4 Å². The zero-order valence-corrected chi connectivity index (χ0v) is 16.8. The van der Waals surface area contributed by atoms with E-state index in [2.05, 4.69) is 0 Å². The number of halogens is 1. The fourth-order valence-corrected chi connectivity index (χ4v) is 4.65. The Morgan fingerprint density at radius 1 is 1.04 bits per heavy atom. The van der Waals surface area contributed by atoms with Crippen LogP contribution in [0, 0.1) is 5.82 Å². The summed E-state index contributed by atoms with van der Waals surface area (Å²) in [6.07, 6.45) is 0. The van der Waals surface area contributed by atoms with E-state index in [-0.39, 0.29) is 4.90 Å². The summed E-state index contributed by atoms with van der Waals surface area (Å²) in [5, 5.41) is 0. The molecule has 0 saturated carbocycles. The molecule has 8 heteroatoms. The van der Waals surface area contributed by atoms with Crippen molar-refractivity contribution >= 4 is 10.0 Å². The number of hydrogen-bond acceptors (Lipinski definition) is 4. The van der Waals surface area contributed by atoms with Gasteiger partial charge in [0.15, 0.2) is 0 Å². The molecule has 0 amide bonds. The summed E-state index contributed by atoms with van der Waals surface area (Å²) in [4.78, 5) is 1.30. The van der Waals surface area contributed by atoms with E-state index in [0.717, 1.165) is 24.1 Å². The first kappa shape index (κ1) is 20.6. The van der Waals surface area contributed by atoms with Gasteiger partial charge in [0.2, 0.25) is 10.0 Å². The highest BCUT2D eigenvalue weighted by molar-refractivity contribution is 7.89. The lowest BCUT2D eigenvalue weighted by atomic mass is 10.3. The summed E-state index contributed by atoms with van der Waals surface area (Å²) < 4.78 is 51.2. The minimum absolute atomic E-state index is 0.00906. The molecule has 1 saturated heterocycles. The molecular formula is C20H26FN2O4S+. The van der Waals surface area contributed by atoms with E-state index in [1.807, 2.05) is 31.2 Å². The van der Waals surface area contributed by atoms with Crippen molar-refractivity contribution in [2.24, 2.45) is 0 Å². The van der Waals surface area contributed by atoms with Gasteiger partial charge in [-0.25, -0.2) is 12.8 Å². The van der Waals surface area contributed by atoms with Crippen LogP contribution >= 0.6 is 0 Å². The van der Waals surface area contributed by atoms with Gasteiger partial charge in [-0.1, -0.05) is 6.07 Å². The van der Waals surface area contributed by atoms with Crippen molar-refractivity contribution in [1.82, 2.24) is 4.31 Å². The summed E-state index contributed by atoms with van der Waals surface area (Å²) >= 11 is 0. The maximum absolute atomic E-state index is 13.4. The van der Waals surface area contributed by atoms with Gasteiger partial charge in [0.1, 0.15) is 30.5 Å². The lowest BCUT2D eigenvalue weighted by molar-refractivity contribution is -0.903. The number of piperazine rings is 1. The zero-order valence-electron chi connectivity index (χ0n) is 15.9. The number of nitrogens with one attached hydrogen (secondary N) is 1. The van der Waals surface area contributed by atoms with Crippen LogP contribution in [0.1, 0.15) is 6.92 Å². The van der Waals surface area contributed by atoms with Crippen molar-refractivity contribution < 1.29 is 27.2 Å². The molecule has 3 rings (SSSR count). The average Bonchev–Trinajstić information content (AvgIpc) is 2.70. The van der Waals surface area contributed by atoms with Gasteiger partial charge in [0.25, 0.3) is 0 Å². The summed E-state index contributed by atoms with van der Waals surface area (Å²) in [6.45, 7) is 6.14. The Balaban J connectivity index is 1.45. The summed E-state index contributed by atoms with van der Waals surface area (Å²) in [6, 6.07) is 12.7. The molecule has 2 aromatic carbocycles. The minimum atomic E-state index is -3.64. The fourth-order valence-electron chi connectivity index (χ4n) is 3.18. The Labute approximate surface area is 165 Å². The van der Waals surface area contributed by atoms with Gasteiger partial charge < -0.3 is 14.4 Å². The van der Waals surface area contributed by atoms with Crippen molar-refractivity contribution in [2.75, 3.05) is 45.9 Å². The van der Waals surface area contributed by atoms with E-state index in [9.17, 15) is 12.8 Å². The topological polar surface area (TPSA) is 60.3 Å². The Hall–Kier alpha value is -2.16. The van der Waals surface area contributed by atoms with Crippen LogP contribution in [0.4, 0.5) is 4.39 Å². The van der Waals surface area contributed by atoms with Crippen LogP contribution in [-0.2, 0) is 10.0 Å². The first-order valence-electron chi connectivity index (χ1n) is 9.44. The molecular weight excluding hydrogens is 383 g/mol. The Morgan fingerprint density at radius 2 is 1.68 bits per heavy atom. The number of hydrogen-bond donors (Lipinski definition) is 1. The van der Waals surface area contributed by atoms with Gasteiger partial charge in [0.05, 0.1) is 37.7 Å². The molecule has 0 atom stereocenters. The van der Waals surface area contributed by atoms with Gasteiger partial charge in [-0.05, 0) is 49.4 Å². The van der Waals surface area contributed by atoms with E-state index in [4.69, 9.17) is 9.47 Å². The highest BCUT2D eigenvalue weighted by atomic mass is 32.2. The predicted molar refractivity (Wildman–Crippen MR) is 104 cm³/mol. The first-order valence-corrected chi connectivity index (χ1v) is 10.9. The number of ether oxygens (including phenoxy) is 2. The van der Waals surface area contributed by atoms with Gasteiger partial charge in [-0.3, -0.25) is 0 Å². The zero-order chi connectivity index (χ0) is 20.0. The molecule has 1 aliphatic heterocycles. The first-order chi connectivity index (χ1) is 13.5. The Morgan fingerprint density at radius 3 is 2.29 bits per heavy atom. The third kappa shape index (κ3) is 5.21. The number of rotatable bonds is 8. The normalized spacial score (nSPS) is 16.1. The second kappa shape index (κ2) is 9.36. The molecule has 1 fully saturated rings. The average molecular weight is 410 g/mol. The molecule has 1 aliphatic rings. The molecule has 0 aromatic heterocycles. The monoisotopic (exact) mass is 409 g/mol. The Kier molecular flexibility index (Phi) is 6.88. The number of sulfonamides is 1. The Bertz CT molecular complexity index is 866. The van der Waals surface area contributed by atoms with Gasteiger partial charge in [-0.2, -0.15) is 4.31 Å². The van der Waals surface area contributed by atoms with Crippen LogP contribution in [0.2, 0.25) is 0 Å². The van der Waals surface area contributed by atoms with Crippen molar-refractivity contribution in [1.29, 1.82) is 0 Å². The van der Waals surface area contributed by atoms with E-state index in [0.29, 0.717) is 39.4 Å². The van der Waals surface area contributed by atoms with Crippen molar-refractivity contribution in [3.63, 3.8) is 0 Å². The SMILES string of the molecule is CCOc1ccc(OCC[NH+]2CCN(S(=O)(=O)c3cccc(F)c3)CC2)cc1. The van der Waals surface area contributed by atoms with Crippen LogP contribution in [0.15, 0.2) is 53.4 Å². The molecule has 0 unspecified atom stereocenters. The molecule has 6 nitrogen and oxygen atoms in total. The van der Waals surface area contributed by atoms with E-state index >= 15 is 0 Å². The van der Waals surface area contributed by atoms with Crippen LogP contribution in [0.25, 0.3) is 0 Å². The molecule has 0 spiro atoms. The molecule has 0 radical (unpaired) electrons. The molecule has 1 N–H and O–H groups in total. The summed E-state index contributed by atoms with van der Waals surface area (Å²) in [5.41, 5.74) is 0. The standard InChI is InChI=1S/C20H25FN2O4S/c1-2-26-18-6-8-19(9-7-18)27-15-14-22-10-12-23(13-11-22)28(24,25)20-5-3-4-17(21)16-20/h3-9,16H,2,10-15H2,1H3/p+1. The van der Waals surface area contributed by atoms with Crippen molar-refractivity contribution in [2.45, 2.75) is 11.8 Å². The smallest absolute Gasteiger partial charge is 0.243 e. The molecule has 0 bridgehead atoms. The molecule has 2 aromatic rings. The number of benzene rings is 2. The third-order valence-corrected chi connectivity index (χ3v) is 6.62. The molecule has 152 valence electrons. The number of quaternary nitrogens is 1. The second-order valence-electron chi connectivity index (χ2n) is 6.61. The van der Waals surface area contributed by atoms with Crippen LogP contribution in [0.3, 0.4) is 0 Å². The number of nitrogens with zero attached hydrogens (tertiary/aromatic N) is 1. The lowest BCUT2D eigenvalue weighted by Crippen LogP contribution is -3.15. The highest BCUT2D eigenvalue weighted by Crippen LogP contribution is 2.18. The summed E-state index contributed by atoms with van der Waals surface area (Å²) in [7, 11) is -3.64. The maximum atomic E-state index is 13.4. The van der Waals surface area contributed by atoms with E-state index < -0.39 is 15.8 Å². The minimum Gasteiger partial charge on any atom is -0.494 e. The fraction of sp³-hybridized carbons (Fsp3) is 0.400. The van der Waals surface area contributed by atoms with E-state index in [1.54, 1.807) is 0 Å². The largest absolute Gasteiger partial charge is 0.494 e. The maximum Gasteiger partial charge on any atom is 0.243 e. The molecule has 28 heavy (non-hydrogen) atoms. The molecule has 1 heterocycles. The van der Waals surface area contributed by atoms with Gasteiger partial charge >= 0.3 is 0 Å². The van der Waals surface area contributed by atoms with Crippen molar-refractivity contribution in [3.05, 3.63) is 54.3 Å². The lowest BCUT2D eigenvalue weighted by Gasteiger charge is -2.31. The second-order valence-corrected chi connectivity index (χ2v) is 8.55. The van der Waals surface area contributed by atoms with Crippen LogP contribution in [0.5, 0.6) is 11.5 Å². The quantitative estimate of drug-likeness (QED) is 0.712. The van der Waals surface area contributed by atoms with Gasteiger partial charge in [-0.15, -0.1) is 0 Å². The van der Waals surface area contributed by atoms with Gasteiger partial charge in [0, 0.05) is 0 Å². The molecule has 0 aliphatic carbocycles. The van der Waals surface area contributed by atoms with Crippen molar-refractivity contribution in [3.8, 4) is 11.5 Å². The predicted octanol–water partition coefficient (Wildman–Crippen LogP) is 1.19. The summed E-state index contributed by atoms with van der Waals surface area (Å²) in [5.74, 6) is 1.06. The van der Waals surface area contributed by atoms with Crippen LogP contribution in [-0.4, -0.2) is 58.7 Å². The van der Waals surface area contributed by atoms with Crippen LogP contribution < -0.4 is 14.4 Å². The highest BCUT2D eigenvalue weighted by Gasteiger charge is 2.30.